The number of benzene rings is 2. The number of nitrogens with one attached hydrogen (secondary N) is 1. The van der Waals surface area contributed by atoms with E-state index in [1.807, 2.05) is 36.4 Å². The number of para-hydroxylation sites is 1. The van der Waals surface area contributed by atoms with E-state index >= 15 is 0 Å². The van der Waals surface area contributed by atoms with Crippen LogP contribution in [0, 0.1) is 16.9 Å². The first kappa shape index (κ1) is 28.5. The highest BCUT2D eigenvalue weighted by Gasteiger charge is 2.48. The van der Waals surface area contributed by atoms with Crippen LogP contribution in [0.3, 0.4) is 0 Å². The van der Waals surface area contributed by atoms with Crippen LogP contribution in [-0.4, -0.2) is 65.4 Å². The van der Waals surface area contributed by atoms with E-state index in [9.17, 15) is 19.6 Å². The van der Waals surface area contributed by atoms with Gasteiger partial charge in [0.2, 0.25) is 5.91 Å². The number of nitriles is 1. The van der Waals surface area contributed by atoms with E-state index in [-0.39, 0.29) is 43.3 Å². The van der Waals surface area contributed by atoms with Crippen LogP contribution in [0.4, 0.5) is 0 Å². The lowest BCUT2D eigenvalue weighted by molar-refractivity contribution is -0.154. The van der Waals surface area contributed by atoms with Crippen LogP contribution < -0.4 is 10.1 Å². The van der Waals surface area contributed by atoms with Crippen molar-refractivity contribution in [1.29, 1.82) is 5.26 Å². The van der Waals surface area contributed by atoms with E-state index in [2.05, 4.69) is 11.5 Å². The number of halogens is 1. The molecule has 1 aromatic heterocycles. The summed E-state index contributed by atoms with van der Waals surface area (Å²) in [5.74, 6) is -0.682. The van der Waals surface area contributed by atoms with Gasteiger partial charge in [0.15, 0.2) is 6.19 Å². The number of ether oxygens (including phenoxy) is 1. The SMILES string of the molecule is CN1C(=O)[C@H](Cc2ccccc2)N(C(=O)CNC(=O)c2cccs2)CC2(CC2)COc2c(Cl)cccc2CN1C#N. The van der Waals surface area contributed by atoms with Crippen molar-refractivity contribution in [1.82, 2.24) is 20.2 Å². The van der Waals surface area contributed by atoms with Crippen LogP contribution in [-0.2, 0) is 22.6 Å². The van der Waals surface area contributed by atoms with E-state index in [0.717, 1.165) is 18.4 Å². The van der Waals surface area contributed by atoms with Gasteiger partial charge >= 0.3 is 0 Å². The molecule has 1 saturated carbocycles. The molecule has 1 atom stereocenters. The molecule has 0 saturated heterocycles. The van der Waals surface area contributed by atoms with Gasteiger partial charge in [0.25, 0.3) is 11.8 Å². The number of amides is 3. The number of nitrogens with zero attached hydrogens (tertiary/aromatic N) is 4. The smallest absolute Gasteiger partial charge is 0.264 e. The highest BCUT2D eigenvalue weighted by atomic mass is 35.5. The summed E-state index contributed by atoms with van der Waals surface area (Å²) in [6.07, 6.45) is 3.95. The summed E-state index contributed by atoms with van der Waals surface area (Å²) in [5, 5.41) is 17.4. The molecule has 9 nitrogen and oxygen atoms in total. The molecule has 0 unspecified atom stereocenters. The van der Waals surface area contributed by atoms with Crippen LogP contribution in [0.5, 0.6) is 5.75 Å². The fourth-order valence-corrected chi connectivity index (χ4v) is 5.84. The molecule has 0 radical (unpaired) electrons. The maximum absolute atomic E-state index is 14.2. The van der Waals surface area contributed by atoms with Gasteiger partial charge in [0.1, 0.15) is 11.8 Å². The number of carbonyl (C=O) groups is 3. The largest absolute Gasteiger partial charge is 0.491 e. The Balaban J connectivity index is 1.51. The Morgan fingerprint density at radius 3 is 2.61 bits per heavy atom. The molecule has 41 heavy (non-hydrogen) atoms. The first-order chi connectivity index (χ1) is 19.8. The standard InChI is InChI=1S/C30H30ClN5O4S/c1-34-29(39)24(15-21-7-3-2-4-8-21)36(26(37)16-33-28(38)25-11-6-14-41-25)18-30(12-13-30)19-40-27-22(17-35(34)20-32)9-5-10-23(27)31/h2-11,14,24H,12-13,15-19H2,1H3,(H,33,38)/t24-/m0/s1. The minimum absolute atomic E-state index is 0.0600. The van der Waals surface area contributed by atoms with Crippen molar-refractivity contribution >= 4 is 40.7 Å². The third-order valence-electron chi connectivity index (χ3n) is 7.55. The fourth-order valence-electron chi connectivity index (χ4n) is 4.95. The predicted octanol–water partition coefficient (Wildman–Crippen LogP) is 4.10. The zero-order valence-electron chi connectivity index (χ0n) is 22.6. The Kier molecular flexibility index (Phi) is 8.47. The second-order valence-electron chi connectivity index (χ2n) is 10.4. The molecule has 3 aromatic rings. The number of thiophene rings is 1. The van der Waals surface area contributed by atoms with E-state index in [1.54, 1.807) is 34.5 Å². The zero-order chi connectivity index (χ0) is 29.0. The summed E-state index contributed by atoms with van der Waals surface area (Å²) in [6, 6.07) is 17.3. The van der Waals surface area contributed by atoms with Crippen molar-refractivity contribution in [2.24, 2.45) is 5.41 Å². The van der Waals surface area contributed by atoms with Crippen LogP contribution in [0.15, 0.2) is 66.0 Å². The Hall–Kier alpha value is -4.07. The topological polar surface area (TPSA) is 106 Å². The van der Waals surface area contributed by atoms with E-state index < -0.39 is 11.9 Å². The second kappa shape index (κ2) is 12.2. The van der Waals surface area contributed by atoms with Crippen molar-refractivity contribution in [3.8, 4) is 11.9 Å². The maximum Gasteiger partial charge on any atom is 0.264 e. The fraction of sp³-hybridized carbons (Fsp3) is 0.333. The molecule has 5 rings (SSSR count). The predicted molar refractivity (Wildman–Crippen MR) is 155 cm³/mol. The van der Waals surface area contributed by atoms with E-state index in [1.165, 1.54) is 28.4 Å². The molecule has 212 valence electrons. The number of rotatable bonds is 5. The van der Waals surface area contributed by atoms with Crippen LogP contribution in [0.2, 0.25) is 5.02 Å². The molecule has 2 aromatic carbocycles. The average molecular weight is 592 g/mol. The molecular weight excluding hydrogens is 562 g/mol. The summed E-state index contributed by atoms with van der Waals surface area (Å²) in [6.45, 7) is 0.338. The summed E-state index contributed by atoms with van der Waals surface area (Å²) in [5.41, 5.74) is 1.18. The lowest BCUT2D eigenvalue weighted by Gasteiger charge is -2.38. The molecule has 1 aliphatic heterocycles. The molecule has 1 aliphatic carbocycles. The number of hydrogen-bond donors (Lipinski definition) is 1. The molecule has 1 fully saturated rings. The Bertz CT molecular complexity index is 1460. The molecule has 2 aliphatic rings. The third-order valence-corrected chi connectivity index (χ3v) is 8.72. The average Bonchev–Trinajstić information content (AvgIpc) is 3.52. The van der Waals surface area contributed by atoms with Crippen molar-refractivity contribution in [3.63, 3.8) is 0 Å². The van der Waals surface area contributed by atoms with Gasteiger partial charge in [-0.05, 0) is 35.9 Å². The summed E-state index contributed by atoms with van der Waals surface area (Å²) in [7, 11) is 1.52. The van der Waals surface area contributed by atoms with Gasteiger partial charge in [-0.2, -0.15) is 5.26 Å². The summed E-state index contributed by atoms with van der Waals surface area (Å²) in [4.78, 5) is 42.7. The van der Waals surface area contributed by atoms with Gasteiger partial charge in [0.05, 0.1) is 29.6 Å². The quantitative estimate of drug-likeness (QED) is 0.448. The Morgan fingerprint density at radius 2 is 1.93 bits per heavy atom. The van der Waals surface area contributed by atoms with Gasteiger partial charge in [-0.15, -0.1) is 11.3 Å². The number of hydrazine groups is 1. The number of fused-ring (bicyclic) bond motifs is 1. The molecular formula is C30H30ClN5O4S. The van der Waals surface area contributed by atoms with E-state index in [0.29, 0.717) is 27.8 Å². The molecule has 11 heteroatoms. The van der Waals surface area contributed by atoms with Crippen molar-refractivity contribution in [2.45, 2.75) is 31.8 Å². The van der Waals surface area contributed by atoms with Crippen LogP contribution in [0.25, 0.3) is 0 Å². The minimum atomic E-state index is -0.917. The minimum Gasteiger partial charge on any atom is -0.491 e. The van der Waals surface area contributed by atoms with Gasteiger partial charge in [0, 0.05) is 31.0 Å². The van der Waals surface area contributed by atoms with Crippen molar-refractivity contribution < 1.29 is 19.1 Å². The second-order valence-corrected chi connectivity index (χ2v) is 11.8. The van der Waals surface area contributed by atoms with Crippen molar-refractivity contribution in [2.75, 3.05) is 26.7 Å². The lowest BCUT2D eigenvalue weighted by atomic mass is 10.00. The van der Waals surface area contributed by atoms with E-state index in [4.69, 9.17) is 16.3 Å². The maximum atomic E-state index is 14.2. The summed E-state index contributed by atoms with van der Waals surface area (Å²) >= 11 is 7.78. The highest BCUT2D eigenvalue weighted by Crippen LogP contribution is 2.48. The first-order valence-electron chi connectivity index (χ1n) is 13.3. The van der Waals surface area contributed by atoms with Crippen molar-refractivity contribution in [3.05, 3.63) is 87.1 Å². The van der Waals surface area contributed by atoms with Gasteiger partial charge in [-0.1, -0.05) is 60.1 Å². The third kappa shape index (κ3) is 6.47. The Labute approximate surface area is 247 Å². The Morgan fingerprint density at radius 1 is 1.15 bits per heavy atom. The zero-order valence-corrected chi connectivity index (χ0v) is 24.2. The molecule has 1 spiro atoms. The normalized spacial score (nSPS) is 18.4. The van der Waals surface area contributed by atoms with Gasteiger partial charge in [-0.3, -0.25) is 14.4 Å². The molecule has 3 amide bonds. The number of carbonyl (C=O) groups excluding carboxylic acids is 3. The molecule has 0 bridgehead atoms. The van der Waals surface area contributed by atoms with Crippen LogP contribution in [0.1, 0.15) is 33.6 Å². The van der Waals surface area contributed by atoms with Gasteiger partial charge < -0.3 is 15.0 Å². The molecule has 2 heterocycles. The highest BCUT2D eigenvalue weighted by molar-refractivity contribution is 7.12. The number of likely N-dealkylation sites (N-methyl/N-ethyl adjacent to an activating group) is 1. The monoisotopic (exact) mass is 591 g/mol. The first-order valence-corrected chi connectivity index (χ1v) is 14.6. The van der Waals surface area contributed by atoms with Crippen LogP contribution >= 0.6 is 22.9 Å². The number of hydrogen-bond acceptors (Lipinski definition) is 7. The molecule has 1 N–H and O–H groups in total. The lowest BCUT2D eigenvalue weighted by Crippen LogP contribution is -2.57. The van der Waals surface area contributed by atoms with Gasteiger partial charge in [-0.25, -0.2) is 10.0 Å². The summed E-state index contributed by atoms with van der Waals surface area (Å²) < 4.78 is 6.27.